The SMILES string of the molecule is CN(C)CCCn1cc(-c2ccn3c(C(=O)Cc4cc(C(=O)NCc5ccc(F)c(F)c5)ccc4F)cnc3c2)cn1. The standard InChI is InChI=1S/C31H29F3N6O2/c1-38(2)9-3-10-39-19-24(17-37-39)21-8-11-40-28(18-35-30(40)15-21)29(41)14-23-13-22(5-7-25(23)32)31(42)36-16-20-4-6-26(33)27(34)12-20/h4-8,11-13,15,17-19H,3,9-10,14,16H2,1-2H3,(H,36,42). The van der Waals surface area contributed by atoms with Crippen LogP contribution in [0.2, 0.25) is 0 Å². The number of benzene rings is 2. The Kier molecular flexibility index (Phi) is 8.48. The number of nitrogens with one attached hydrogen (secondary N) is 1. The van der Waals surface area contributed by atoms with E-state index in [1.165, 1.54) is 24.4 Å². The summed E-state index contributed by atoms with van der Waals surface area (Å²) in [5.74, 6) is -3.54. The van der Waals surface area contributed by atoms with Crippen LogP contribution in [0.3, 0.4) is 0 Å². The lowest BCUT2D eigenvalue weighted by atomic mass is 10.0. The first-order valence-corrected chi connectivity index (χ1v) is 13.4. The van der Waals surface area contributed by atoms with Crippen LogP contribution in [-0.4, -0.2) is 56.4 Å². The molecule has 1 N–H and O–H groups in total. The number of halogens is 3. The molecule has 0 aliphatic rings. The van der Waals surface area contributed by atoms with Crippen LogP contribution in [0, 0.1) is 17.5 Å². The van der Waals surface area contributed by atoms with Crippen molar-refractivity contribution < 1.29 is 22.8 Å². The van der Waals surface area contributed by atoms with Crippen LogP contribution in [0.5, 0.6) is 0 Å². The zero-order chi connectivity index (χ0) is 29.8. The van der Waals surface area contributed by atoms with Gasteiger partial charge in [-0.2, -0.15) is 5.10 Å². The summed E-state index contributed by atoms with van der Waals surface area (Å²) in [5, 5.41) is 7.03. The number of fused-ring (bicyclic) bond motifs is 1. The molecule has 0 saturated carbocycles. The van der Waals surface area contributed by atoms with Gasteiger partial charge in [-0.05, 0) is 86.2 Å². The number of hydrogen-bond acceptors (Lipinski definition) is 5. The van der Waals surface area contributed by atoms with E-state index < -0.39 is 23.4 Å². The fourth-order valence-electron chi connectivity index (χ4n) is 4.60. The van der Waals surface area contributed by atoms with Gasteiger partial charge in [-0.3, -0.25) is 18.7 Å². The first kappa shape index (κ1) is 28.7. The largest absolute Gasteiger partial charge is 0.348 e. The van der Waals surface area contributed by atoms with E-state index in [4.69, 9.17) is 0 Å². The topological polar surface area (TPSA) is 84.5 Å². The number of aromatic nitrogens is 4. The van der Waals surface area contributed by atoms with Crippen LogP contribution in [0.25, 0.3) is 16.8 Å². The third-order valence-corrected chi connectivity index (χ3v) is 6.85. The average molecular weight is 575 g/mol. The molecule has 0 radical (unpaired) electrons. The second kappa shape index (κ2) is 12.4. The summed E-state index contributed by atoms with van der Waals surface area (Å²) in [7, 11) is 4.06. The van der Waals surface area contributed by atoms with Gasteiger partial charge < -0.3 is 10.2 Å². The molecule has 0 unspecified atom stereocenters. The average Bonchev–Trinajstić information content (AvgIpc) is 3.61. The molecule has 0 fully saturated rings. The molecule has 0 atom stereocenters. The fraction of sp³-hybridized carbons (Fsp3) is 0.226. The monoisotopic (exact) mass is 574 g/mol. The Morgan fingerprint density at radius 1 is 0.929 bits per heavy atom. The molecule has 42 heavy (non-hydrogen) atoms. The van der Waals surface area contributed by atoms with Crippen LogP contribution in [0.1, 0.15) is 38.4 Å². The third kappa shape index (κ3) is 6.58. The second-order valence-corrected chi connectivity index (χ2v) is 10.3. The number of aryl methyl sites for hydroxylation is 1. The molecule has 216 valence electrons. The highest BCUT2D eigenvalue weighted by atomic mass is 19.2. The maximum atomic E-state index is 14.6. The van der Waals surface area contributed by atoms with Crippen molar-refractivity contribution in [2.45, 2.75) is 25.9 Å². The Hall–Kier alpha value is -4.77. The van der Waals surface area contributed by atoms with Crippen LogP contribution in [0.15, 0.2) is 73.3 Å². The molecule has 0 aliphatic heterocycles. The Morgan fingerprint density at radius 3 is 2.52 bits per heavy atom. The number of rotatable bonds is 11. The lowest BCUT2D eigenvalue weighted by molar-refractivity contribution is 0.0947. The van der Waals surface area contributed by atoms with E-state index in [0.717, 1.165) is 48.8 Å². The number of Topliss-reactive ketones (excluding diaryl/α,β-unsaturated/α-hetero) is 1. The summed E-state index contributed by atoms with van der Waals surface area (Å²) in [6.45, 7) is 1.71. The number of nitrogens with zero attached hydrogens (tertiary/aromatic N) is 5. The molecular weight excluding hydrogens is 545 g/mol. The molecule has 8 nitrogen and oxygen atoms in total. The molecule has 11 heteroatoms. The van der Waals surface area contributed by atoms with Crippen molar-refractivity contribution >= 4 is 17.3 Å². The van der Waals surface area contributed by atoms with E-state index in [0.29, 0.717) is 11.2 Å². The minimum atomic E-state index is -1.02. The van der Waals surface area contributed by atoms with E-state index in [2.05, 4.69) is 20.3 Å². The second-order valence-electron chi connectivity index (χ2n) is 10.3. The maximum Gasteiger partial charge on any atom is 0.251 e. The molecule has 2 aromatic carbocycles. The van der Waals surface area contributed by atoms with Crippen LogP contribution in [0.4, 0.5) is 13.2 Å². The van der Waals surface area contributed by atoms with Crippen LogP contribution < -0.4 is 5.32 Å². The van der Waals surface area contributed by atoms with Crippen LogP contribution in [-0.2, 0) is 19.5 Å². The first-order valence-electron chi connectivity index (χ1n) is 13.4. The van der Waals surface area contributed by atoms with Gasteiger partial charge in [0.25, 0.3) is 5.91 Å². The van der Waals surface area contributed by atoms with Gasteiger partial charge in [-0.1, -0.05) is 6.07 Å². The zero-order valence-corrected chi connectivity index (χ0v) is 23.2. The van der Waals surface area contributed by atoms with Crippen molar-refractivity contribution in [3.63, 3.8) is 0 Å². The number of imidazole rings is 1. The van der Waals surface area contributed by atoms with Crippen molar-refractivity contribution in [1.82, 2.24) is 29.4 Å². The van der Waals surface area contributed by atoms with Crippen molar-refractivity contribution in [1.29, 1.82) is 0 Å². The van der Waals surface area contributed by atoms with Gasteiger partial charge >= 0.3 is 0 Å². The van der Waals surface area contributed by atoms with E-state index in [-0.39, 0.29) is 35.6 Å². The van der Waals surface area contributed by atoms with Crippen molar-refractivity contribution in [3.8, 4) is 11.1 Å². The maximum absolute atomic E-state index is 14.6. The molecule has 0 spiro atoms. The van der Waals surface area contributed by atoms with Gasteiger partial charge in [0.1, 0.15) is 17.2 Å². The highest BCUT2D eigenvalue weighted by molar-refractivity contribution is 5.98. The fourth-order valence-corrected chi connectivity index (χ4v) is 4.60. The molecular formula is C31H29F3N6O2. The Labute approximate surface area is 240 Å². The molecule has 3 heterocycles. The third-order valence-electron chi connectivity index (χ3n) is 6.85. The summed E-state index contributed by atoms with van der Waals surface area (Å²) < 4.78 is 44.8. The highest BCUT2D eigenvalue weighted by Gasteiger charge is 2.18. The Morgan fingerprint density at radius 2 is 1.74 bits per heavy atom. The number of amides is 1. The molecule has 0 aliphatic carbocycles. The van der Waals surface area contributed by atoms with Gasteiger partial charge in [-0.15, -0.1) is 0 Å². The van der Waals surface area contributed by atoms with Crippen molar-refractivity contribution in [3.05, 3.63) is 113 Å². The summed E-state index contributed by atoms with van der Waals surface area (Å²) >= 11 is 0. The smallest absolute Gasteiger partial charge is 0.251 e. The van der Waals surface area contributed by atoms with Crippen LogP contribution >= 0.6 is 0 Å². The summed E-state index contributed by atoms with van der Waals surface area (Å²) in [4.78, 5) is 32.3. The van der Waals surface area contributed by atoms with E-state index in [1.54, 1.807) is 16.8 Å². The van der Waals surface area contributed by atoms with Crippen molar-refractivity contribution in [2.24, 2.45) is 0 Å². The summed E-state index contributed by atoms with van der Waals surface area (Å²) in [5.41, 5.74) is 3.22. The van der Waals surface area contributed by atoms with Gasteiger partial charge in [0.05, 0.1) is 12.4 Å². The zero-order valence-electron chi connectivity index (χ0n) is 23.2. The molecule has 1 amide bonds. The molecule has 0 bridgehead atoms. The number of hydrogen-bond donors (Lipinski definition) is 1. The predicted octanol–water partition coefficient (Wildman–Crippen LogP) is 4.92. The quantitative estimate of drug-likeness (QED) is 0.227. The minimum Gasteiger partial charge on any atom is -0.348 e. The van der Waals surface area contributed by atoms with Gasteiger partial charge in [0.15, 0.2) is 17.4 Å². The predicted molar refractivity (Wildman–Crippen MR) is 152 cm³/mol. The number of ketones is 1. The van der Waals surface area contributed by atoms with E-state index >= 15 is 0 Å². The molecule has 3 aromatic heterocycles. The minimum absolute atomic E-state index is 0.0497. The highest BCUT2D eigenvalue weighted by Crippen LogP contribution is 2.22. The Balaban J connectivity index is 1.26. The van der Waals surface area contributed by atoms with E-state index in [1.807, 2.05) is 37.1 Å². The number of carbonyl (C=O) groups is 2. The number of carbonyl (C=O) groups excluding carboxylic acids is 2. The van der Waals surface area contributed by atoms with E-state index in [9.17, 15) is 22.8 Å². The molecule has 0 saturated heterocycles. The first-order chi connectivity index (χ1) is 20.2. The summed E-state index contributed by atoms with van der Waals surface area (Å²) in [6, 6.07) is 10.8. The summed E-state index contributed by atoms with van der Waals surface area (Å²) in [6.07, 6.45) is 7.64. The van der Waals surface area contributed by atoms with Gasteiger partial charge in [-0.25, -0.2) is 18.2 Å². The number of pyridine rings is 1. The lowest BCUT2D eigenvalue weighted by Gasteiger charge is -2.09. The molecule has 5 aromatic rings. The van der Waals surface area contributed by atoms with Gasteiger partial charge in [0.2, 0.25) is 0 Å². The lowest BCUT2D eigenvalue weighted by Crippen LogP contribution is -2.23. The Bertz CT molecular complexity index is 1760. The van der Waals surface area contributed by atoms with Crippen molar-refractivity contribution in [2.75, 3.05) is 20.6 Å². The molecule has 5 rings (SSSR count). The van der Waals surface area contributed by atoms with Gasteiger partial charge in [0, 0.05) is 43.0 Å². The normalized spacial score (nSPS) is 11.4.